The molecule has 0 radical (unpaired) electrons. The Morgan fingerprint density at radius 2 is 1.91 bits per heavy atom. The maximum atomic E-state index is 14.4. The number of rotatable bonds is 7. The molecular formula is C27H25ClFNO4. The Kier molecular flexibility index (Phi) is 6.28. The molecule has 4 rings (SSSR count). The van der Waals surface area contributed by atoms with Crippen molar-refractivity contribution in [2.45, 2.75) is 39.5 Å². The lowest BCUT2D eigenvalue weighted by molar-refractivity contribution is 0.0766. The van der Waals surface area contributed by atoms with Crippen LogP contribution in [-0.4, -0.2) is 21.5 Å². The van der Waals surface area contributed by atoms with E-state index < -0.39 is 11.4 Å². The van der Waals surface area contributed by atoms with Crippen molar-refractivity contribution in [2.75, 3.05) is 0 Å². The maximum Gasteiger partial charge on any atom is 0.254 e. The van der Waals surface area contributed by atoms with Gasteiger partial charge in [-0.15, -0.1) is 0 Å². The number of fused-ring (bicyclic) bond motifs is 1. The van der Waals surface area contributed by atoms with E-state index in [2.05, 4.69) is 6.58 Å². The number of carbonyl (C=O) groups excluding carboxylic acids is 1. The normalized spacial score (nSPS) is 13.1. The van der Waals surface area contributed by atoms with Crippen molar-refractivity contribution in [1.29, 1.82) is 0 Å². The fourth-order valence-electron chi connectivity index (χ4n) is 3.74. The summed E-state index contributed by atoms with van der Waals surface area (Å²) in [6, 6.07) is 14.8. The molecule has 0 saturated carbocycles. The number of aryl methyl sites for hydroxylation is 1. The smallest absolute Gasteiger partial charge is 0.254 e. The Hall–Kier alpha value is -3.51. The van der Waals surface area contributed by atoms with Crippen LogP contribution in [-0.2, 0) is 13.1 Å². The second-order valence-corrected chi connectivity index (χ2v) is 9.28. The van der Waals surface area contributed by atoms with Crippen molar-refractivity contribution in [3.05, 3.63) is 100 Å². The second kappa shape index (κ2) is 9.03. The lowest BCUT2D eigenvalue weighted by atomic mass is 10.1. The fourth-order valence-corrected chi connectivity index (χ4v) is 3.93. The van der Waals surface area contributed by atoms with E-state index in [1.54, 1.807) is 61.2 Å². The van der Waals surface area contributed by atoms with E-state index in [4.69, 9.17) is 21.1 Å². The monoisotopic (exact) mass is 481 g/mol. The first kappa shape index (κ1) is 23.6. The van der Waals surface area contributed by atoms with Gasteiger partial charge >= 0.3 is 0 Å². The predicted molar refractivity (Wildman–Crippen MR) is 129 cm³/mol. The quantitative estimate of drug-likeness (QED) is 0.370. The van der Waals surface area contributed by atoms with Gasteiger partial charge in [-0.2, -0.15) is 0 Å². The second-order valence-electron chi connectivity index (χ2n) is 8.85. The molecule has 1 aliphatic rings. The van der Waals surface area contributed by atoms with Crippen molar-refractivity contribution < 1.29 is 23.8 Å². The number of benzene rings is 3. The molecule has 34 heavy (non-hydrogen) atoms. The lowest BCUT2D eigenvalue weighted by Crippen LogP contribution is -2.30. The summed E-state index contributed by atoms with van der Waals surface area (Å²) in [5.74, 6) is 0.736. The highest BCUT2D eigenvalue weighted by Gasteiger charge is 2.28. The zero-order valence-corrected chi connectivity index (χ0v) is 19.9. The van der Waals surface area contributed by atoms with Crippen LogP contribution in [0.4, 0.5) is 4.39 Å². The van der Waals surface area contributed by atoms with Crippen molar-refractivity contribution >= 4 is 17.5 Å². The SMILES string of the molecule is C=C(O)C(C)(C)Oc1ccc(Oc2cc(F)cc(CN3Cc4cc(Cl)ccc4C3=O)c2)cc1C. The van der Waals surface area contributed by atoms with Gasteiger partial charge in [0.15, 0.2) is 5.60 Å². The molecule has 1 heterocycles. The van der Waals surface area contributed by atoms with Crippen LogP contribution in [0.25, 0.3) is 0 Å². The summed E-state index contributed by atoms with van der Waals surface area (Å²) < 4.78 is 26.1. The van der Waals surface area contributed by atoms with Crippen molar-refractivity contribution in [1.82, 2.24) is 4.90 Å². The van der Waals surface area contributed by atoms with Gasteiger partial charge in [-0.3, -0.25) is 4.79 Å². The third-order valence-electron chi connectivity index (χ3n) is 5.69. The molecule has 0 fully saturated rings. The molecule has 1 N–H and O–H groups in total. The van der Waals surface area contributed by atoms with Crippen LogP contribution >= 0.6 is 11.6 Å². The molecule has 0 unspecified atom stereocenters. The van der Waals surface area contributed by atoms with Crippen LogP contribution in [0, 0.1) is 12.7 Å². The number of carbonyl (C=O) groups is 1. The van der Waals surface area contributed by atoms with Crippen LogP contribution < -0.4 is 9.47 Å². The lowest BCUT2D eigenvalue weighted by Gasteiger charge is -2.26. The minimum Gasteiger partial charge on any atom is -0.509 e. The molecule has 3 aromatic rings. The van der Waals surface area contributed by atoms with E-state index >= 15 is 0 Å². The van der Waals surface area contributed by atoms with Crippen LogP contribution in [0.5, 0.6) is 17.2 Å². The zero-order chi connectivity index (χ0) is 24.6. The number of hydrogen-bond acceptors (Lipinski definition) is 4. The first-order valence-electron chi connectivity index (χ1n) is 10.7. The van der Waals surface area contributed by atoms with Gasteiger partial charge in [0.25, 0.3) is 5.91 Å². The number of nitrogens with zero attached hydrogens (tertiary/aromatic N) is 1. The van der Waals surface area contributed by atoms with Gasteiger partial charge in [-0.1, -0.05) is 18.2 Å². The van der Waals surface area contributed by atoms with Gasteiger partial charge in [0.1, 0.15) is 28.8 Å². The number of ether oxygens (including phenoxy) is 2. The third kappa shape index (κ3) is 5.02. The van der Waals surface area contributed by atoms with Gasteiger partial charge < -0.3 is 19.5 Å². The number of aliphatic hydroxyl groups is 1. The van der Waals surface area contributed by atoms with Crippen molar-refractivity contribution in [3.8, 4) is 17.2 Å². The minimum absolute atomic E-state index is 0.0813. The average Bonchev–Trinajstić information content (AvgIpc) is 3.03. The summed E-state index contributed by atoms with van der Waals surface area (Å²) in [6.07, 6.45) is 0. The molecule has 3 aromatic carbocycles. The van der Waals surface area contributed by atoms with Gasteiger partial charge in [0.05, 0.1) is 0 Å². The molecule has 5 nitrogen and oxygen atoms in total. The van der Waals surface area contributed by atoms with E-state index in [1.807, 2.05) is 6.92 Å². The number of hydrogen-bond donors (Lipinski definition) is 1. The molecule has 0 bridgehead atoms. The van der Waals surface area contributed by atoms with Crippen LogP contribution in [0.2, 0.25) is 5.02 Å². The van der Waals surface area contributed by atoms with Crippen LogP contribution in [0.15, 0.2) is 66.9 Å². The summed E-state index contributed by atoms with van der Waals surface area (Å²) in [5.41, 5.74) is 1.92. The van der Waals surface area contributed by atoms with E-state index in [-0.39, 0.29) is 18.2 Å². The summed E-state index contributed by atoms with van der Waals surface area (Å²) >= 11 is 6.04. The maximum absolute atomic E-state index is 14.4. The topological polar surface area (TPSA) is 59.0 Å². The molecule has 176 valence electrons. The Morgan fingerprint density at radius 1 is 1.15 bits per heavy atom. The molecular weight excluding hydrogens is 457 g/mol. The van der Waals surface area contributed by atoms with Crippen molar-refractivity contribution in [3.63, 3.8) is 0 Å². The number of halogens is 2. The number of aliphatic hydroxyl groups excluding tert-OH is 1. The molecule has 7 heteroatoms. The van der Waals surface area contributed by atoms with Gasteiger partial charge in [-0.05, 0) is 86.0 Å². The Bertz CT molecular complexity index is 1290. The van der Waals surface area contributed by atoms with Gasteiger partial charge in [-0.25, -0.2) is 4.39 Å². The number of amides is 1. The fraction of sp³-hybridized carbons (Fsp3) is 0.222. The molecule has 0 aromatic heterocycles. The van der Waals surface area contributed by atoms with E-state index in [0.717, 1.165) is 11.1 Å². The molecule has 1 amide bonds. The molecule has 0 saturated heterocycles. The van der Waals surface area contributed by atoms with E-state index in [0.29, 0.717) is 39.9 Å². The highest BCUT2D eigenvalue weighted by molar-refractivity contribution is 6.30. The standard InChI is InChI=1S/C27H25ClFNO4/c1-16-9-22(6-8-25(16)34-27(3,4)17(2)31)33-23-11-18(10-21(29)13-23)14-30-15-19-12-20(28)5-7-24(19)26(30)32/h5-13,31H,2,14-15H2,1,3-4H3. The Balaban J connectivity index is 1.49. The minimum atomic E-state index is -0.942. The molecule has 0 atom stereocenters. The van der Waals surface area contributed by atoms with E-state index in [1.165, 1.54) is 12.1 Å². The summed E-state index contributed by atoms with van der Waals surface area (Å²) in [7, 11) is 0. The van der Waals surface area contributed by atoms with Gasteiger partial charge in [0.2, 0.25) is 0 Å². The van der Waals surface area contributed by atoms with Crippen molar-refractivity contribution in [2.24, 2.45) is 0 Å². The van der Waals surface area contributed by atoms with E-state index in [9.17, 15) is 14.3 Å². The molecule has 0 aliphatic carbocycles. The average molecular weight is 482 g/mol. The Morgan fingerprint density at radius 3 is 2.62 bits per heavy atom. The Labute approximate surface area is 203 Å². The summed E-state index contributed by atoms with van der Waals surface area (Å²) in [4.78, 5) is 14.4. The highest BCUT2D eigenvalue weighted by Crippen LogP contribution is 2.32. The third-order valence-corrected chi connectivity index (χ3v) is 5.93. The summed E-state index contributed by atoms with van der Waals surface area (Å²) in [5, 5.41) is 10.3. The zero-order valence-electron chi connectivity index (χ0n) is 19.2. The van der Waals surface area contributed by atoms with Crippen LogP contribution in [0.1, 0.15) is 40.9 Å². The predicted octanol–water partition coefficient (Wildman–Crippen LogP) is 6.96. The first-order chi connectivity index (χ1) is 16.0. The van der Waals surface area contributed by atoms with Gasteiger partial charge in [0, 0.05) is 29.7 Å². The van der Waals surface area contributed by atoms with Crippen LogP contribution in [0.3, 0.4) is 0 Å². The summed E-state index contributed by atoms with van der Waals surface area (Å²) in [6.45, 7) is 9.47. The largest absolute Gasteiger partial charge is 0.509 e. The molecule has 1 aliphatic heterocycles. The highest BCUT2D eigenvalue weighted by atomic mass is 35.5. The first-order valence-corrected chi connectivity index (χ1v) is 11.1. The molecule has 0 spiro atoms.